The molecule has 1 aromatic carbocycles. The van der Waals surface area contributed by atoms with Crippen LogP contribution in [0.3, 0.4) is 0 Å². The number of ether oxygens (including phenoxy) is 2. The van der Waals surface area contributed by atoms with Gasteiger partial charge in [-0.15, -0.1) is 0 Å². The summed E-state index contributed by atoms with van der Waals surface area (Å²) in [6.45, 7) is 5.82. The van der Waals surface area contributed by atoms with Crippen LogP contribution >= 0.6 is 0 Å². The van der Waals surface area contributed by atoms with Crippen molar-refractivity contribution in [2.24, 2.45) is 0 Å². The predicted molar refractivity (Wildman–Crippen MR) is 111 cm³/mol. The molecule has 2 heteroatoms. The zero-order chi connectivity index (χ0) is 18.5. The number of aryl methyl sites for hydroxylation is 1. The summed E-state index contributed by atoms with van der Waals surface area (Å²) < 4.78 is 11.1. The van der Waals surface area contributed by atoms with Crippen molar-refractivity contribution in [1.29, 1.82) is 0 Å². The van der Waals surface area contributed by atoms with Crippen molar-refractivity contribution in [2.45, 2.75) is 90.1 Å². The highest BCUT2D eigenvalue weighted by molar-refractivity contribution is 5.27. The van der Waals surface area contributed by atoms with Crippen molar-refractivity contribution in [3.63, 3.8) is 0 Å². The van der Waals surface area contributed by atoms with E-state index in [2.05, 4.69) is 50.3 Å². The van der Waals surface area contributed by atoms with E-state index in [1.54, 1.807) is 0 Å². The van der Waals surface area contributed by atoms with Gasteiger partial charge in [0.2, 0.25) is 0 Å². The van der Waals surface area contributed by atoms with Gasteiger partial charge < -0.3 is 9.47 Å². The summed E-state index contributed by atoms with van der Waals surface area (Å²) >= 11 is 0. The van der Waals surface area contributed by atoms with Crippen LogP contribution in [0.4, 0.5) is 0 Å². The maximum absolute atomic E-state index is 5.78. The van der Waals surface area contributed by atoms with Gasteiger partial charge in [0, 0.05) is 0 Å². The molecule has 1 aliphatic heterocycles. The number of allylic oxidation sites excluding steroid dienone is 2. The molecule has 146 valence electrons. The van der Waals surface area contributed by atoms with Crippen molar-refractivity contribution in [2.75, 3.05) is 13.2 Å². The van der Waals surface area contributed by atoms with E-state index in [1.807, 2.05) is 0 Å². The maximum Gasteiger partial charge on any atom is 0.123 e. The number of unbranched alkanes of at least 4 members (excludes halogenated alkanes) is 8. The Morgan fingerprint density at radius 2 is 1.54 bits per heavy atom. The fraction of sp³-hybridized carbons (Fsp3) is 0.667. The average molecular weight is 359 g/mol. The second-order valence-corrected chi connectivity index (χ2v) is 7.94. The van der Waals surface area contributed by atoms with Gasteiger partial charge in [0.25, 0.3) is 0 Å². The first-order valence-corrected chi connectivity index (χ1v) is 10.7. The lowest BCUT2D eigenvalue weighted by atomic mass is 10.0. The van der Waals surface area contributed by atoms with Gasteiger partial charge in [-0.05, 0) is 56.7 Å². The summed E-state index contributed by atoms with van der Waals surface area (Å²) in [5, 5.41) is 0. The van der Waals surface area contributed by atoms with Gasteiger partial charge >= 0.3 is 0 Å². The quantitative estimate of drug-likeness (QED) is 0.194. The average Bonchev–Trinajstić information content (AvgIpc) is 3.40. The summed E-state index contributed by atoms with van der Waals surface area (Å²) in [6, 6.07) is 8.59. The van der Waals surface area contributed by atoms with E-state index in [9.17, 15) is 0 Å². The molecule has 0 radical (unpaired) electrons. The van der Waals surface area contributed by atoms with Crippen molar-refractivity contribution in [1.82, 2.24) is 0 Å². The van der Waals surface area contributed by atoms with E-state index >= 15 is 0 Å². The Morgan fingerprint density at radius 1 is 0.923 bits per heavy atom. The first-order valence-electron chi connectivity index (χ1n) is 10.7. The first kappa shape index (κ1) is 21.0. The molecule has 2 rings (SSSR count). The van der Waals surface area contributed by atoms with E-state index in [0.717, 1.165) is 12.4 Å². The Hall–Kier alpha value is -1.28. The number of epoxide rings is 1. The third-order valence-corrected chi connectivity index (χ3v) is 5.08. The SMILES string of the molecule is CCCC/C=C/CCCCCCCCc1ccc(OCC2(C)CO2)cc1. The highest BCUT2D eigenvalue weighted by Gasteiger charge is 2.40. The molecule has 1 unspecified atom stereocenters. The zero-order valence-corrected chi connectivity index (χ0v) is 17.0. The summed E-state index contributed by atoms with van der Waals surface area (Å²) in [4.78, 5) is 0. The van der Waals surface area contributed by atoms with Crippen molar-refractivity contribution in [3.8, 4) is 5.75 Å². The molecule has 0 bridgehead atoms. The van der Waals surface area contributed by atoms with Crippen LogP contribution in [0.25, 0.3) is 0 Å². The molecule has 26 heavy (non-hydrogen) atoms. The molecule has 0 N–H and O–H groups in total. The Labute approximate surface area is 161 Å². The topological polar surface area (TPSA) is 21.8 Å². The second kappa shape index (κ2) is 12.2. The number of hydrogen-bond donors (Lipinski definition) is 0. The summed E-state index contributed by atoms with van der Waals surface area (Å²) in [7, 11) is 0. The van der Waals surface area contributed by atoms with Crippen LogP contribution in [-0.4, -0.2) is 18.8 Å². The minimum absolute atomic E-state index is 0.0377. The highest BCUT2D eigenvalue weighted by Crippen LogP contribution is 2.27. The smallest absolute Gasteiger partial charge is 0.123 e. The molecule has 0 spiro atoms. The largest absolute Gasteiger partial charge is 0.491 e. The van der Waals surface area contributed by atoms with Crippen LogP contribution in [0.1, 0.15) is 83.6 Å². The number of benzene rings is 1. The maximum atomic E-state index is 5.78. The molecular weight excluding hydrogens is 320 g/mol. The molecule has 1 aliphatic rings. The minimum atomic E-state index is -0.0377. The standard InChI is InChI=1S/C24H38O2/c1-3-4-5-6-7-8-9-10-11-12-13-14-15-22-16-18-23(19-17-22)25-20-24(2)21-26-24/h6-7,16-19H,3-5,8-15,20-21H2,1-2H3/b7-6+. The lowest BCUT2D eigenvalue weighted by Gasteiger charge is -2.09. The van der Waals surface area contributed by atoms with E-state index in [0.29, 0.717) is 6.61 Å². The van der Waals surface area contributed by atoms with Crippen LogP contribution in [0.15, 0.2) is 36.4 Å². The first-order chi connectivity index (χ1) is 12.7. The van der Waals surface area contributed by atoms with Crippen LogP contribution in [0, 0.1) is 0 Å². The Bertz CT molecular complexity index is 499. The third-order valence-electron chi connectivity index (χ3n) is 5.08. The van der Waals surface area contributed by atoms with Crippen LogP contribution in [0.5, 0.6) is 5.75 Å². The van der Waals surface area contributed by atoms with Gasteiger partial charge in [-0.25, -0.2) is 0 Å². The van der Waals surface area contributed by atoms with Gasteiger partial charge in [0.15, 0.2) is 0 Å². The summed E-state index contributed by atoms with van der Waals surface area (Å²) in [6.07, 6.45) is 19.2. The molecule has 1 atom stereocenters. The number of rotatable bonds is 15. The van der Waals surface area contributed by atoms with Gasteiger partial charge in [-0.3, -0.25) is 0 Å². The molecule has 1 fully saturated rings. The highest BCUT2D eigenvalue weighted by atomic mass is 16.6. The molecule has 0 aromatic heterocycles. The molecule has 1 aromatic rings. The van der Waals surface area contributed by atoms with Crippen molar-refractivity contribution < 1.29 is 9.47 Å². The molecule has 0 saturated carbocycles. The van der Waals surface area contributed by atoms with Crippen molar-refractivity contribution >= 4 is 0 Å². The summed E-state index contributed by atoms with van der Waals surface area (Å²) in [5.74, 6) is 0.953. The van der Waals surface area contributed by atoms with E-state index in [-0.39, 0.29) is 5.60 Å². The fourth-order valence-electron chi connectivity index (χ4n) is 3.05. The Balaban J connectivity index is 1.42. The third kappa shape index (κ3) is 9.43. The molecule has 1 heterocycles. The lowest BCUT2D eigenvalue weighted by molar-refractivity contribution is 0.202. The van der Waals surface area contributed by atoms with Crippen LogP contribution in [-0.2, 0) is 11.2 Å². The van der Waals surface area contributed by atoms with E-state index in [1.165, 1.54) is 76.2 Å². The molecule has 0 amide bonds. The monoisotopic (exact) mass is 358 g/mol. The second-order valence-electron chi connectivity index (χ2n) is 7.94. The zero-order valence-electron chi connectivity index (χ0n) is 17.0. The number of hydrogen-bond acceptors (Lipinski definition) is 2. The normalized spacial score (nSPS) is 19.2. The van der Waals surface area contributed by atoms with Gasteiger partial charge in [0.05, 0.1) is 6.61 Å². The van der Waals surface area contributed by atoms with Gasteiger partial charge in [-0.2, -0.15) is 0 Å². The van der Waals surface area contributed by atoms with Gasteiger partial charge in [0.1, 0.15) is 18.0 Å². The van der Waals surface area contributed by atoms with E-state index in [4.69, 9.17) is 9.47 Å². The van der Waals surface area contributed by atoms with Crippen LogP contribution in [0.2, 0.25) is 0 Å². The summed E-state index contributed by atoms with van der Waals surface area (Å²) in [5.41, 5.74) is 1.38. The lowest BCUT2D eigenvalue weighted by Crippen LogP contribution is -2.16. The Morgan fingerprint density at radius 3 is 2.19 bits per heavy atom. The molecule has 1 saturated heterocycles. The molecular formula is C24H38O2. The Kier molecular flexibility index (Phi) is 9.84. The fourth-order valence-corrected chi connectivity index (χ4v) is 3.05. The molecule has 0 aliphatic carbocycles. The van der Waals surface area contributed by atoms with E-state index < -0.39 is 0 Å². The van der Waals surface area contributed by atoms with Gasteiger partial charge in [-0.1, -0.05) is 69.7 Å². The van der Waals surface area contributed by atoms with Crippen LogP contribution < -0.4 is 4.74 Å². The molecule has 2 nitrogen and oxygen atoms in total. The minimum Gasteiger partial charge on any atom is -0.491 e. The van der Waals surface area contributed by atoms with Crippen molar-refractivity contribution in [3.05, 3.63) is 42.0 Å². The predicted octanol–water partition coefficient (Wildman–Crippen LogP) is 6.87.